The molecule has 0 spiro atoms. The maximum atomic E-state index is 13.9. The molecule has 1 aromatic rings. The highest BCUT2D eigenvalue weighted by Crippen LogP contribution is 2.31. The van der Waals surface area contributed by atoms with Crippen LogP contribution in [0, 0.1) is 23.7 Å². The van der Waals surface area contributed by atoms with Crippen molar-refractivity contribution in [2.45, 2.75) is 117 Å². The molecule has 1 aliphatic rings. The zero-order valence-corrected chi connectivity index (χ0v) is 29.6. The molecule has 12 nitrogen and oxygen atoms in total. The van der Waals surface area contributed by atoms with Gasteiger partial charge in [0.05, 0.1) is 5.92 Å². The Kier molecular flexibility index (Phi) is 16.1. The van der Waals surface area contributed by atoms with Crippen molar-refractivity contribution >= 4 is 41.0 Å². The van der Waals surface area contributed by atoms with Crippen LogP contribution in [0.2, 0.25) is 0 Å². The van der Waals surface area contributed by atoms with Crippen LogP contribution in [0.5, 0.6) is 0 Å². The summed E-state index contributed by atoms with van der Waals surface area (Å²) in [5.41, 5.74) is 0.200. The molecule has 1 aliphatic carbocycles. The normalized spacial score (nSPS) is 19.2. The highest BCUT2D eigenvalue weighted by molar-refractivity contribution is 7.09. The van der Waals surface area contributed by atoms with Gasteiger partial charge in [0.25, 0.3) is 5.91 Å². The minimum Gasteiger partial charge on any atom is -0.481 e. The standard InChI is InChI=1S/C33H55N5O7S/c1-19(2)26(38(8)32(42)28(20(3)4)37-29(40)21(5)11-9-10-16-34-7)17-27(45-22(6)39)31-36-25(18-46-31)30(41)35-24-14-12-23(13-15-24)33(43)44/h18-21,23-24,26-28,34H,9-17H2,1-8H3,(H,35,41)(H,37,40)(H,43,44)/t21-,23-,24-,26-,27-,28+/m1/s1. The summed E-state index contributed by atoms with van der Waals surface area (Å²) < 4.78 is 5.69. The first-order valence-electron chi connectivity index (χ1n) is 16.5. The molecule has 0 bridgehead atoms. The average molecular weight is 666 g/mol. The van der Waals surface area contributed by atoms with Crippen LogP contribution in [0.4, 0.5) is 0 Å². The molecular weight excluding hydrogens is 610 g/mol. The average Bonchev–Trinajstić information content (AvgIpc) is 3.49. The van der Waals surface area contributed by atoms with Gasteiger partial charge in [-0.05, 0) is 64.0 Å². The number of unbranched alkanes of at least 4 members (excludes halogenated alkanes) is 1. The van der Waals surface area contributed by atoms with Crippen molar-refractivity contribution in [1.29, 1.82) is 0 Å². The number of carbonyl (C=O) groups excluding carboxylic acids is 4. The number of rotatable bonds is 18. The lowest BCUT2D eigenvalue weighted by molar-refractivity contribution is -0.149. The number of hydrogen-bond donors (Lipinski definition) is 4. The number of aliphatic carboxylic acids is 1. The van der Waals surface area contributed by atoms with Crippen molar-refractivity contribution in [2.75, 3.05) is 20.6 Å². The number of carboxylic acid groups (broad SMARTS) is 1. The van der Waals surface area contributed by atoms with Gasteiger partial charge in [0.15, 0.2) is 6.10 Å². The Morgan fingerprint density at radius 3 is 2.24 bits per heavy atom. The van der Waals surface area contributed by atoms with Crippen molar-refractivity contribution in [3.63, 3.8) is 0 Å². The number of thiazole rings is 1. The lowest BCUT2D eigenvalue weighted by atomic mass is 9.86. The molecule has 0 saturated heterocycles. The third-order valence-corrected chi connectivity index (χ3v) is 9.75. The van der Waals surface area contributed by atoms with Crippen molar-refractivity contribution < 1.29 is 33.8 Å². The number of amides is 3. The minimum absolute atomic E-state index is 0.0229. The van der Waals surface area contributed by atoms with E-state index in [0.717, 1.165) is 25.8 Å². The summed E-state index contributed by atoms with van der Waals surface area (Å²) in [7, 11) is 3.61. The molecule has 0 radical (unpaired) electrons. The predicted octanol–water partition coefficient (Wildman–Crippen LogP) is 4.16. The quantitative estimate of drug-likeness (QED) is 0.133. The maximum absolute atomic E-state index is 13.9. The molecule has 1 heterocycles. The number of esters is 1. The summed E-state index contributed by atoms with van der Waals surface area (Å²) in [4.78, 5) is 69.5. The topological polar surface area (TPSA) is 167 Å². The van der Waals surface area contributed by atoms with Crippen LogP contribution in [0.1, 0.15) is 115 Å². The summed E-state index contributed by atoms with van der Waals surface area (Å²) >= 11 is 1.21. The SMILES string of the molecule is CNCCCC[C@@H](C)C(=O)N[C@H](C(=O)N(C)[C@H](C[C@@H](OC(C)=O)c1nc(C(=O)N[C@H]2CC[C@H](C(=O)O)CC2)cs1)C(C)C)C(C)C. The van der Waals surface area contributed by atoms with E-state index in [1.54, 1.807) is 17.3 Å². The Labute approximate surface area is 277 Å². The largest absolute Gasteiger partial charge is 0.481 e. The highest BCUT2D eigenvalue weighted by Gasteiger charge is 2.35. The van der Waals surface area contributed by atoms with E-state index >= 15 is 0 Å². The van der Waals surface area contributed by atoms with E-state index in [4.69, 9.17) is 4.74 Å². The second kappa shape index (κ2) is 18.9. The Morgan fingerprint density at radius 2 is 1.70 bits per heavy atom. The van der Waals surface area contributed by atoms with E-state index in [9.17, 15) is 29.1 Å². The summed E-state index contributed by atoms with van der Waals surface area (Å²) in [5, 5.41) is 20.4. The summed E-state index contributed by atoms with van der Waals surface area (Å²) in [6.07, 6.45) is 4.28. The second-order valence-electron chi connectivity index (χ2n) is 13.3. The Balaban J connectivity index is 2.15. The van der Waals surface area contributed by atoms with E-state index in [-0.39, 0.29) is 65.6 Å². The summed E-state index contributed by atoms with van der Waals surface area (Å²) in [6.45, 7) is 11.9. The van der Waals surface area contributed by atoms with Gasteiger partial charge in [-0.25, -0.2) is 4.98 Å². The van der Waals surface area contributed by atoms with Crippen LogP contribution >= 0.6 is 11.3 Å². The number of ether oxygens (including phenoxy) is 1. The highest BCUT2D eigenvalue weighted by atomic mass is 32.1. The first kappa shape index (κ1) is 39.1. The van der Waals surface area contributed by atoms with Gasteiger partial charge < -0.3 is 30.7 Å². The molecular formula is C33H55N5O7S. The van der Waals surface area contributed by atoms with Gasteiger partial charge in [-0.3, -0.25) is 24.0 Å². The molecule has 3 amide bonds. The molecule has 2 rings (SSSR count). The van der Waals surface area contributed by atoms with Gasteiger partial charge >= 0.3 is 11.9 Å². The molecule has 260 valence electrons. The molecule has 1 saturated carbocycles. The fourth-order valence-electron chi connectivity index (χ4n) is 5.86. The molecule has 1 aromatic heterocycles. The lowest BCUT2D eigenvalue weighted by Gasteiger charge is -2.36. The van der Waals surface area contributed by atoms with Crippen LogP contribution in [0.15, 0.2) is 5.38 Å². The molecule has 4 N–H and O–H groups in total. The van der Waals surface area contributed by atoms with Crippen LogP contribution in [0.3, 0.4) is 0 Å². The van der Waals surface area contributed by atoms with E-state index in [1.165, 1.54) is 18.3 Å². The van der Waals surface area contributed by atoms with E-state index < -0.39 is 24.1 Å². The van der Waals surface area contributed by atoms with Crippen LogP contribution in [-0.2, 0) is 23.9 Å². The van der Waals surface area contributed by atoms with Gasteiger partial charge in [0.2, 0.25) is 11.8 Å². The number of carboxylic acids is 1. The molecule has 0 aliphatic heterocycles. The zero-order valence-electron chi connectivity index (χ0n) is 28.8. The molecule has 46 heavy (non-hydrogen) atoms. The molecule has 1 fully saturated rings. The predicted molar refractivity (Wildman–Crippen MR) is 177 cm³/mol. The number of likely N-dealkylation sites (N-methyl/N-ethyl adjacent to an activating group) is 1. The monoisotopic (exact) mass is 665 g/mol. The van der Waals surface area contributed by atoms with Crippen LogP contribution in [0.25, 0.3) is 0 Å². The smallest absolute Gasteiger partial charge is 0.306 e. The Hall–Kier alpha value is -3.06. The number of hydrogen-bond acceptors (Lipinski definition) is 9. The summed E-state index contributed by atoms with van der Waals surface area (Å²) in [6, 6.07) is -1.20. The van der Waals surface area contributed by atoms with E-state index in [1.807, 2.05) is 41.7 Å². The first-order chi connectivity index (χ1) is 21.7. The van der Waals surface area contributed by atoms with Crippen molar-refractivity contribution in [1.82, 2.24) is 25.8 Å². The van der Waals surface area contributed by atoms with E-state index in [2.05, 4.69) is 20.9 Å². The molecule has 0 unspecified atom stereocenters. The van der Waals surface area contributed by atoms with Gasteiger partial charge in [0, 0.05) is 43.8 Å². The lowest BCUT2D eigenvalue weighted by Crippen LogP contribution is -2.54. The molecule has 0 aromatic carbocycles. The number of nitrogens with zero attached hydrogens (tertiary/aromatic N) is 2. The Morgan fingerprint density at radius 1 is 1.04 bits per heavy atom. The van der Waals surface area contributed by atoms with Crippen molar-refractivity contribution in [2.24, 2.45) is 23.7 Å². The number of aromatic nitrogens is 1. The first-order valence-corrected chi connectivity index (χ1v) is 17.4. The third kappa shape index (κ3) is 11.9. The zero-order chi connectivity index (χ0) is 34.6. The molecule has 13 heteroatoms. The van der Waals surface area contributed by atoms with Gasteiger partial charge in [-0.2, -0.15) is 0 Å². The molecule has 4 atom stereocenters. The fraction of sp³-hybridized carbons (Fsp3) is 0.758. The number of nitrogens with one attached hydrogen (secondary N) is 3. The van der Waals surface area contributed by atoms with Gasteiger partial charge in [-0.15, -0.1) is 11.3 Å². The number of carbonyl (C=O) groups is 5. The van der Waals surface area contributed by atoms with E-state index in [0.29, 0.717) is 30.7 Å². The fourth-order valence-corrected chi connectivity index (χ4v) is 6.69. The third-order valence-electron chi connectivity index (χ3n) is 8.81. The van der Waals surface area contributed by atoms with Crippen LogP contribution in [-0.4, -0.2) is 83.4 Å². The van der Waals surface area contributed by atoms with Crippen LogP contribution < -0.4 is 16.0 Å². The second-order valence-corrected chi connectivity index (χ2v) is 14.1. The van der Waals surface area contributed by atoms with Gasteiger partial charge in [0.1, 0.15) is 16.7 Å². The maximum Gasteiger partial charge on any atom is 0.306 e. The van der Waals surface area contributed by atoms with Crippen molar-refractivity contribution in [3.8, 4) is 0 Å². The van der Waals surface area contributed by atoms with Gasteiger partial charge in [-0.1, -0.05) is 41.0 Å². The minimum atomic E-state index is -0.803. The van der Waals surface area contributed by atoms with Crippen molar-refractivity contribution in [3.05, 3.63) is 16.1 Å². The Bertz CT molecular complexity index is 1160. The summed E-state index contributed by atoms with van der Waals surface area (Å²) in [5.74, 6) is -2.80.